The number of aryl methyl sites for hydroxylation is 2. The monoisotopic (exact) mass is 280 g/mol. The molecule has 0 aliphatic carbocycles. The fourth-order valence-corrected chi connectivity index (χ4v) is 2.92. The van der Waals surface area contributed by atoms with E-state index >= 15 is 0 Å². The zero-order valence-electron chi connectivity index (χ0n) is 12.5. The summed E-state index contributed by atoms with van der Waals surface area (Å²) in [5, 5.41) is 6.38. The SMILES string of the molecule is Cc1cccc(C)c1C(=O)Nc1ccc2c(c1)CNCC2. The number of anilines is 1. The Morgan fingerprint density at radius 2 is 1.86 bits per heavy atom. The molecular weight excluding hydrogens is 260 g/mol. The molecule has 108 valence electrons. The lowest BCUT2D eigenvalue weighted by Gasteiger charge is -2.18. The van der Waals surface area contributed by atoms with Crippen LogP contribution in [-0.4, -0.2) is 12.5 Å². The predicted octanol–water partition coefficient (Wildman–Crippen LogP) is 3.20. The first-order chi connectivity index (χ1) is 10.1. The fraction of sp³-hybridized carbons (Fsp3) is 0.278. The molecule has 1 aliphatic heterocycles. The first kappa shape index (κ1) is 13.8. The van der Waals surface area contributed by atoms with Gasteiger partial charge in [0.15, 0.2) is 0 Å². The summed E-state index contributed by atoms with van der Waals surface area (Å²) in [7, 11) is 0. The van der Waals surface area contributed by atoms with Crippen LogP contribution in [0.5, 0.6) is 0 Å². The molecule has 0 saturated heterocycles. The summed E-state index contributed by atoms with van der Waals surface area (Å²) in [6.07, 6.45) is 1.06. The van der Waals surface area contributed by atoms with Crippen molar-refractivity contribution in [3.05, 3.63) is 64.2 Å². The van der Waals surface area contributed by atoms with Crippen molar-refractivity contribution in [1.29, 1.82) is 0 Å². The van der Waals surface area contributed by atoms with Crippen LogP contribution in [0, 0.1) is 13.8 Å². The molecule has 0 aromatic heterocycles. The van der Waals surface area contributed by atoms with E-state index < -0.39 is 0 Å². The van der Waals surface area contributed by atoms with E-state index in [2.05, 4.69) is 22.8 Å². The first-order valence-corrected chi connectivity index (χ1v) is 7.35. The zero-order chi connectivity index (χ0) is 14.8. The van der Waals surface area contributed by atoms with Crippen molar-refractivity contribution in [2.45, 2.75) is 26.8 Å². The van der Waals surface area contributed by atoms with Gasteiger partial charge in [0.1, 0.15) is 0 Å². The molecule has 2 aromatic carbocycles. The quantitative estimate of drug-likeness (QED) is 0.887. The van der Waals surface area contributed by atoms with Crippen molar-refractivity contribution in [1.82, 2.24) is 5.32 Å². The predicted molar refractivity (Wildman–Crippen MR) is 85.7 cm³/mol. The highest BCUT2D eigenvalue weighted by Gasteiger charge is 2.14. The summed E-state index contributed by atoms with van der Waals surface area (Å²) in [4.78, 5) is 12.5. The van der Waals surface area contributed by atoms with E-state index in [0.717, 1.165) is 41.9 Å². The lowest BCUT2D eigenvalue weighted by Crippen LogP contribution is -2.24. The largest absolute Gasteiger partial charge is 0.322 e. The van der Waals surface area contributed by atoms with Gasteiger partial charge in [-0.1, -0.05) is 24.3 Å². The van der Waals surface area contributed by atoms with Crippen molar-refractivity contribution >= 4 is 11.6 Å². The Hall–Kier alpha value is -2.13. The molecule has 0 fully saturated rings. The van der Waals surface area contributed by atoms with E-state index in [9.17, 15) is 4.79 Å². The van der Waals surface area contributed by atoms with Crippen molar-refractivity contribution < 1.29 is 4.79 Å². The number of carbonyl (C=O) groups is 1. The van der Waals surface area contributed by atoms with Gasteiger partial charge in [0, 0.05) is 17.8 Å². The van der Waals surface area contributed by atoms with Gasteiger partial charge in [-0.2, -0.15) is 0 Å². The van der Waals surface area contributed by atoms with Gasteiger partial charge in [0.25, 0.3) is 5.91 Å². The molecule has 21 heavy (non-hydrogen) atoms. The van der Waals surface area contributed by atoms with E-state index in [1.807, 2.05) is 38.1 Å². The Balaban J connectivity index is 1.85. The maximum atomic E-state index is 12.5. The molecule has 1 amide bonds. The zero-order valence-corrected chi connectivity index (χ0v) is 12.5. The Labute approximate surface area is 125 Å². The highest BCUT2D eigenvalue weighted by Crippen LogP contribution is 2.21. The van der Waals surface area contributed by atoms with E-state index in [0.29, 0.717) is 0 Å². The molecular formula is C18H20N2O. The van der Waals surface area contributed by atoms with E-state index in [4.69, 9.17) is 0 Å². The lowest BCUT2D eigenvalue weighted by atomic mass is 9.99. The van der Waals surface area contributed by atoms with Crippen LogP contribution in [0.25, 0.3) is 0 Å². The van der Waals surface area contributed by atoms with Crippen LogP contribution >= 0.6 is 0 Å². The maximum Gasteiger partial charge on any atom is 0.256 e. The van der Waals surface area contributed by atoms with Gasteiger partial charge in [-0.3, -0.25) is 4.79 Å². The topological polar surface area (TPSA) is 41.1 Å². The summed E-state index contributed by atoms with van der Waals surface area (Å²) in [5.74, 6) is -0.0330. The molecule has 3 heteroatoms. The Bertz CT molecular complexity index is 671. The number of benzene rings is 2. The van der Waals surface area contributed by atoms with Crippen LogP contribution in [-0.2, 0) is 13.0 Å². The number of carbonyl (C=O) groups excluding carboxylic acids is 1. The second kappa shape index (κ2) is 5.70. The van der Waals surface area contributed by atoms with Crippen LogP contribution in [0.15, 0.2) is 36.4 Å². The van der Waals surface area contributed by atoms with Gasteiger partial charge < -0.3 is 10.6 Å². The number of hydrogen-bond donors (Lipinski definition) is 2. The molecule has 3 nitrogen and oxygen atoms in total. The fourth-order valence-electron chi connectivity index (χ4n) is 2.92. The highest BCUT2D eigenvalue weighted by atomic mass is 16.1. The van der Waals surface area contributed by atoms with Crippen LogP contribution in [0.2, 0.25) is 0 Å². The van der Waals surface area contributed by atoms with Crippen LogP contribution < -0.4 is 10.6 Å². The molecule has 0 radical (unpaired) electrons. The molecule has 0 spiro atoms. The highest BCUT2D eigenvalue weighted by molar-refractivity contribution is 6.06. The van der Waals surface area contributed by atoms with E-state index in [-0.39, 0.29) is 5.91 Å². The number of hydrogen-bond acceptors (Lipinski definition) is 2. The van der Waals surface area contributed by atoms with Gasteiger partial charge in [0.2, 0.25) is 0 Å². The number of amides is 1. The van der Waals surface area contributed by atoms with Crippen LogP contribution in [0.1, 0.15) is 32.6 Å². The van der Waals surface area contributed by atoms with E-state index in [1.165, 1.54) is 11.1 Å². The minimum absolute atomic E-state index is 0.0330. The van der Waals surface area contributed by atoms with Gasteiger partial charge >= 0.3 is 0 Å². The van der Waals surface area contributed by atoms with Crippen molar-refractivity contribution in [2.24, 2.45) is 0 Å². The summed E-state index contributed by atoms with van der Waals surface area (Å²) in [6.45, 7) is 5.85. The standard InChI is InChI=1S/C18H20N2O/c1-12-4-3-5-13(2)17(12)18(21)20-16-7-6-14-8-9-19-11-15(14)10-16/h3-7,10,19H,8-9,11H2,1-2H3,(H,20,21). The molecule has 0 bridgehead atoms. The third kappa shape index (κ3) is 2.83. The van der Waals surface area contributed by atoms with E-state index in [1.54, 1.807) is 0 Å². The second-order valence-corrected chi connectivity index (χ2v) is 5.63. The normalized spacial score (nSPS) is 13.6. The molecule has 0 saturated carbocycles. The van der Waals surface area contributed by atoms with Crippen molar-refractivity contribution in [3.8, 4) is 0 Å². The molecule has 0 atom stereocenters. The minimum atomic E-state index is -0.0330. The molecule has 2 aromatic rings. The van der Waals surface area contributed by atoms with Gasteiger partial charge in [-0.05, 0) is 61.2 Å². The minimum Gasteiger partial charge on any atom is -0.322 e. The Morgan fingerprint density at radius 3 is 2.62 bits per heavy atom. The van der Waals surface area contributed by atoms with Gasteiger partial charge in [-0.25, -0.2) is 0 Å². The molecule has 0 unspecified atom stereocenters. The van der Waals surface area contributed by atoms with Crippen molar-refractivity contribution in [3.63, 3.8) is 0 Å². The summed E-state index contributed by atoms with van der Waals surface area (Å²) < 4.78 is 0. The first-order valence-electron chi connectivity index (χ1n) is 7.35. The summed E-state index contributed by atoms with van der Waals surface area (Å²) >= 11 is 0. The average Bonchev–Trinajstić information content (AvgIpc) is 2.47. The smallest absolute Gasteiger partial charge is 0.256 e. The molecule has 2 N–H and O–H groups in total. The third-order valence-corrected chi connectivity index (χ3v) is 4.06. The molecule has 3 rings (SSSR count). The Kier molecular flexibility index (Phi) is 3.76. The number of fused-ring (bicyclic) bond motifs is 1. The van der Waals surface area contributed by atoms with Crippen LogP contribution in [0.3, 0.4) is 0 Å². The van der Waals surface area contributed by atoms with Gasteiger partial charge in [0.05, 0.1) is 0 Å². The molecule has 1 heterocycles. The number of rotatable bonds is 2. The second-order valence-electron chi connectivity index (χ2n) is 5.63. The summed E-state index contributed by atoms with van der Waals surface area (Å²) in [5.41, 5.74) is 6.30. The number of nitrogens with one attached hydrogen (secondary N) is 2. The van der Waals surface area contributed by atoms with Gasteiger partial charge in [-0.15, -0.1) is 0 Å². The summed E-state index contributed by atoms with van der Waals surface area (Å²) in [6, 6.07) is 12.1. The third-order valence-electron chi connectivity index (χ3n) is 4.06. The lowest BCUT2D eigenvalue weighted by molar-refractivity contribution is 0.102. The average molecular weight is 280 g/mol. The van der Waals surface area contributed by atoms with Crippen LogP contribution in [0.4, 0.5) is 5.69 Å². The Morgan fingerprint density at radius 1 is 1.10 bits per heavy atom. The maximum absolute atomic E-state index is 12.5. The molecule has 1 aliphatic rings. The van der Waals surface area contributed by atoms with Crippen molar-refractivity contribution in [2.75, 3.05) is 11.9 Å².